The summed E-state index contributed by atoms with van der Waals surface area (Å²) in [7, 11) is 3.76. The van der Waals surface area contributed by atoms with Crippen molar-refractivity contribution in [1.29, 1.82) is 0 Å². The molecule has 1 aromatic rings. The van der Waals surface area contributed by atoms with Gasteiger partial charge in [0.15, 0.2) is 5.79 Å². The number of hydrogen-bond acceptors (Lipinski definition) is 3. The van der Waals surface area contributed by atoms with Crippen molar-refractivity contribution in [2.24, 2.45) is 0 Å². The van der Waals surface area contributed by atoms with Crippen LogP contribution in [0.4, 0.5) is 0 Å². The summed E-state index contributed by atoms with van der Waals surface area (Å²) in [6, 6.07) is 6.25. The highest BCUT2D eigenvalue weighted by molar-refractivity contribution is 6.32. The molecular formula is C13H19BO3. The molecule has 0 aliphatic carbocycles. The third kappa shape index (κ3) is 3.02. The summed E-state index contributed by atoms with van der Waals surface area (Å²) in [4.78, 5) is 0. The van der Waals surface area contributed by atoms with E-state index >= 15 is 0 Å². The zero-order chi connectivity index (χ0) is 12.5. The molecular weight excluding hydrogens is 215 g/mol. The van der Waals surface area contributed by atoms with Crippen molar-refractivity contribution in [3.63, 3.8) is 0 Å². The van der Waals surface area contributed by atoms with Crippen LogP contribution in [0.15, 0.2) is 18.2 Å². The van der Waals surface area contributed by atoms with Crippen LogP contribution >= 0.6 is 0 Å². The van der Waals surface area contributed by atoms with E-state index in [1.54, 1.807) is 7.11 Å². The SMILES string of the molecule is Bc1ccc(CC2COC(C)(C)O2)c(OC)c1. The van der Waals surface area contributed by atoms with E-state index in [1.165, 1.54) is 11.0 Å². The average Bonchev–Trinajstić information content (AvgIpc) is 2.61. The lowest BCUT2D eigenvalue weighted by Crippen LogP contribution is -2.22. The van der Waals surface area contributed by atoms with Gasteiger partial charge in [0.1, 0.15) is 13.6 Å². The van der Waals surface area contributed by atoms with Crippen LogP contribution in [-0.2, 0) is 15.9 Å². The highest BCUT2D eigenvalue weighted by Gasteiger charge is 2.32. The minimum atomic E-state index is -0.456. The molecule has 1 heterocycles. The minimum absolute atomic E-state index is 0.113. The van der Waals surface area contributed by atoms with Gasteiger partial charge in [-0.1, -0.05) is 17.6 Å². The molecule has 0 bridgehead atoms. The van der Waals surface area contributed by atoms with Crippen LogP contribution < -0.4 is 10.2 Å². The van der Waals surface area contributed by atoms with Gasteiger partial charge in [0, 0.05) is 6.42 Å². The fraction of sp³-hybridized carbons (Fsp3) is 0.538. The molecule has 92 valence electrons. The lowest BCUT2D eigenvalue weighted by molar-refractivity contribution is -0.138. The summed E-state index contributed by atoms with van der Waals surface area (Å²) in [5.74, 6) is 0.473. The van der Waals surface area contributed by atoms with E-state index in [1.807, 2.05) is 13.8 Å². The van der Waals surface area contributed by atoms with E-state index in [0.717, 1.165) is 12.2 Å². The van der Waals surface area contributed by atoms with E-state index in [9.17, 15) is 0 Å². The number of benzene rings is 1. The summed E-state index contributed by atoms with van der Waals surface area (Å²) in [5, 5.41) is 0. The highest BCUT2D eigenvalue weighted by Crippen LogP contribution is 2.27. The molecule has 1 aliphatic rings. The van der Waals surface area contributed by atoms with Gasteiger partial charge in [0.25, 0.3) is 0 Å². The summed E-state index contributed by atoms with van der Waals surface area (Å²) in [6.07, 6.45) is 0.939. The van der Waals surface area contributed by atoms with Gasteiger partial charge >= 0.3 is 0 Å². The Labute approximate surface area is 103 Å². The molecule has 1 unspecified atom stereocenters. The third-order valence-corrected chi connectivity index (χ3v) is 2.96. The normalized spacial score (nSPS) is 22.6. The molecule has 0 radical (unpaired) electrons. The van der Waals surface area contributed by atoms with E-state index in [-0.39, 0.29) is 6.10 Å². The second-order valence-corrected chi connectivity index (χ2v) is 4.97. The standard InChI is InChI=1S/C13H19BO3/c1-13(2)16-8-11(17-13)6-9-4-5-10(14)7-12(9)15-3/h4-5,7,11H,6,8,14H2,1-3H3. The van der Waals surface area contributed by atoms with Crippen LogP contribution in [0.1, 0.15) is 19.4 Å². The van der Waals surface area contributed by atoms with Crippen molar-refractivity contribution in [2.45, 2.75) is 32.2 Å². The first-order chi connectivity index (χ1) is 8.00. The van der Waals surface area contributed by atoms with E-state index in [4.69, 9.17) is 14.2 Å². The molecule has 0 saturated carbocycles. The molecule has 0 amide bonds. The van der Waals surface area contributed by atoms with Crippen molar-refractivity contribution < 1.29 is 14.2 Å². The van der Waals surface area contributed by atoms with E-state index in [0.29, 0.717) is 6.61 Å². The monoisotopic (exact) mass is 234 g/mol. The molecule has 1 aromatic carbocycles. The van der Waals surface area contributed by atoms with Crippen molar-refractivity contribution >= 4 is 13.3 Å². The molecule has 0 N–H and O–H groups in total. The largest absolute Gasteiger partial charge is 0.496 e. The quantitative estimate of drug-likeness (QED) is 0.718. The van der Waals surface area contributed by atoms with E-state index in [2.05, 4.69) is 26.0 Å². The number of ether oxygens (including phenoxy) is 3. The third-order valence-electron chi connectivity index (χ3n) is 2.96. The predicted octanol–water partition coefficient (Wildman–Crippen LogP) is 0.648. The molecule has 1 atom stereocenters. The topological polar surface area (TPSA) is 27.7 Å². The molecule has 1 saturated heterocycles. The smallest absolute Gasteiger partial charge is 0.163 e. The maximum atomic E-state index is 5.80. The Morgan fingerprint density at radius 1 is 1.47 bits per heavy atom. The zero-order valence-corrected chi connectivity index (χ0v) is 10.9. The number of hydrogen-bond donors (Lipinski definition) is 0. The van der Waals surface area contributed by atoms with Crippen molar-refractivity contribution in [3.05, 3.63) is 23.8 Å². The second-order valence-electron chi connectivity index (χ2n) is 4.97. The van der Waals surface area contributed by atoms with Gasteiger partial charge in [-0.05, 0) is 25.5 Å². The summed E-state index contributed by atoms with van der Waals surface area (Å²) >= 11 is 0. The second kappa shape index (κ2) is 4.71. The lowest BCUT2D eigenvalue weighted by Gasteiger charge is -2.17. The first-order valence-corrected chi connectivity index (χ1v) is 5.95. The van der Waals surface area contributed by atoms with Gasteiger partial charge < -0.3 is 14.2 Å². The van der Waals surface area contributed by atoms with Gasteiger partial charge in [0.2, 0.25) is 0 Å². The Balaban J connectivity index is 2.09. The first kappa shape index (κ1) is 12.5. The summed E-state index contributed by atoms with van der Waals surface area (Å²) in [6.45, 7) is 4.53. The minimum Gasteiger partial charge on any atom is -0.496 e. The van der Waals surface area contributed by atoms with Crippen molar-refractivity contribution in [3.8, 4) is 5.75 Å². The Kier molecular flexibility index (Phi) is 3.45. The van der Waals surface area contributed by atoms with Crippen molar-refractivity contribution in [1.82, 2.24) is 0 Å². The Morgan fingerprint density at radius 3 is 2.82 bits per heavy atom. The maximum absolute atomic E-state index is 5.80. The van der Waals surface area contributed by atoms with Gasteiger partial charge in [0.05, 0.1) is 19.8 Å². The Morgan fingerprint density at radius 2 is 2.24 bits per heavy atom. The van der Waals surface area contributed by atoms with Gasteiger partial charge in [-0.25, -0.2) is 0 Å². The molecule has 2 rings (SSSR count). The van der Waals surface area contributed by atoms with Crippen LogP contribution in [0, 0.1) is 0 Å². The fourth-order valence-corrected chi connectivity index (χ4v) is 2.13. The van der Waals surface area contributed by atoms with Gasteiger partial charge in [-0.2, -0.15) is 0 Å². The molecule has 1 aliphatic heterocycles. The first-order valence-electron chi connectivity index (χ1n) is 5.95. The van der Waals surface area contributed by atoms with Gasteiger partial charge in [-0.3, -0.25) is 0 Å². The lowest BCUT2D eigenvalue weighted by atomic mass is 9.93. The van der Waals surface area contributed by atoms with Gasteiger partial charge in [-0.15, -0.1) is 0 Å². The Bertz CT molecular complexity index is 404. The van der Waals surface area contributed by atoms with Crippen LogP contribution in [-0.4, -0.2) is 33.5 Å². The van der Waals surface area contributed by atoms with E-state index < -0.39 is 5.79 Å². The van der Waals surface area contributed by atoms with Crippen LogP contribution in [0.3, 0.4) is 0 Å². The summed E-state index contributed by atoms with van der Waals surface area (Å²) < 4.78 is 16.8. The summed E-state index contributed by atoms with van der Waals surface area (Å²) in [5.41, 5.74) is 2.37. The number of rotatable bonds is 3. The molecule has 17 heavy (non-hydrogen) atoms. The average molecular weight is 234 g/mol. The molecule has 0 spiro atoms. The maximum Gasteiger partial charge on any atom is 0.163 e. The van der Waals surface area contributed by atoms with Crippen LogP contribution in [0.5, 0.6) is 5.75 Å². The highest BCUT2D eigenvalue weighted by atomic mass is 16.7. The predicted molar refractivity (Wildman–Crippen MR) is 69.8 cm³/mol. The molecule has 1 fully saturated rings. The molecule has 3 nitrogen and oxygen atoms in total. The van der Waals surface area contributed by atoms with Crippen LogP contribution in [0.2, 0.25) is 0 Å². The fourth-order valence-electron chi connectivity index (χ4n) is 2.13. The zero-order valence-electron chi connectivity index (χ0n) is 10.9. The molecule has 4 heteroatoms. The molecule has 0 aromatic heterocycles. The number of methoxy groups -OCH3 is 1. The van der Waals surface area contributed by atoms with Crippen LogP contribution in [0.25, 0.3) is 0 Å². The van der Waals surface area contributed by atoms with Crippen molar-refractivity contribution in [2.75, 3.05) is 13.7 Å². The Hall–Kier alpha value is -0.995.